The first-order chi connectivity index (χ1) is 11.2. The van der Waals surface area contributed by atoms with Crippen molar-refractivity contribution in [1.29, 1.82) is 0 Å². The Bertz CT molecular complexity index is 301. The SMILES string of the molecule is C1CCC(NC2CCCCC2)CC1.O=C(O)NC1CCCCC1. The van der Waals surface area contributed by atoms with Crippen LogP contribution in [0.25, 0.3) is 0 Å². The molecule has 3 saturated carbocycles. The van der Waals surface area contributed by atoms with Gasteiger partial charge in [0.25, 0.3) is 0 Å². The third-order valence-corrected chi connectivity index (χ3v) is 5.61. The topological polar surface area (TPSA) is 61.4 Å². The zero-order valence-electron chi connectivity index (χ0n) is 14.7. The summed E-state index contributed by atoms with van der Waals surface area (Å²) in [6.07, 6.45) is 19.3. The minimum Gasteiger partial charge on any atom is -0.465 e. The minimum atomic E-state index is -0.882. The van der Waals surface area contributed by atoms with Crippen LogP contribution in [0, 0.1) is 0 Å². The Morgan fingerprint density at radius 3 is 1.30 bits per heavy atom. The van der Waals surface area contributed by atoms with Crippen LogP contribution in [0.15, 0.2) is 0 Å². The van der Waals surface area contributed by atoms with E-state index >= 15 is 0 Å². The molecule has 1 amide bonds. The highest BCUT2D eigenvalue weighted by molar-refractivity contribution is 5.64. The molecule has 0 atom stereocenters. The van der Waals surface area contributed by atoms with Gasteiger partial charge in [-0.25, -0.2) is 4.79 Å². The molecule has 0 aromatic heterocycles. The van der Waals surface area contributed by atoms with Crippen LogP contribution < -0.4 is 10.6 Å². The summed E-state index contributed by atoms with van der Waals surface area (Å²) in [5.74, 6) is 0. The van der Waals surface area contributed by atoms with Gasteiger partial charge in [-0.15, -0.1) is 0 Å². The fraction of sp³-hybridized carbons (Fsp3) is 0.947. The first-order valence-corrected chi connectivity index (χ1v) is 9.99. The average Bonchev–Trinajstić information content (AvgIpc) is 2.58. The fourth-order valence-corrected chi connectivity index (χ4v) is 4.29. The minimum absolute atomic E-state index is 0.228. The predicted octanol–water partition coefficient (Wildman–Crippen LogP) is 4.83. The van der Waals surface area contributed by atoms with Crippen molar-refractivity contribution in [3.8, 4) is 0 Å². The number of amides is 1. The van der Waals surface area contributed by atoms with Gasteiger partial charge < -0.3 is 15.7 Å². The van der Waals surface area contributed by atoms with E-state index in [9.17, 15) is 4.79 Å². The molecule has 0 aromatic carbocycles. The molecule has 0 aromatic rings. The van der Waals surface area contributed by atoms with Gasteiger partial charge in [-0.05, 0) is 38.5 Å². The number of rotatable bonds is 3. The Morgan fingerprint density at radius 1 is 0.609 bits per heavy atom. The number of hydrogen-bond donors (Lipinski definition) is 3. The molecule has 0 heterocycles. The van der Waals surface area contributed by atoms with Gasteiger partial charge in [-0.2, -0.15) is 0 Å². The van der Waals surface area contributed by atoms with E-state index in [1.807, 2.05) is 0 Å². The van der Waals surface area contributed by atoms with Crippen LogP contribution in [0.2, 0.25) is 0 Å². The zero-order valence-corrected chi connectivity index (χ0v) is 14.7. The third kappa shape index (κ3) is 8.05. The molecule has 0 bridgehead atoms. The van der Waals surface area contributed by atoms with Gasteiger partial charge in [-0.3, -0.25) is 0 Å². The van der Waals surface area contributed by atoms with Crippen molar-refractivity contribution >= 4 is 6.09 Å². The molecule has 0 aliphatic heterocycles. The normalized spacial score (nSPS) is 24.5. The van der Waals surface area contributed by atoms with Gasteiger partial charge in [0.1, 0.15) is 0 Å². The highest BCUT2D eigenvalue weighted by Crippen LogP contribution is 2.22. The van der Waals surface area contributed by atoms with E-state index in [1.165, 1.54) is 83.5 Å². The molecule has 0 radical (unpaired) electrons. The van der Waals surface area contributed by atoms with E-state index < -0.39 is 6.09 Å². The van der Waals surface area contributed by atoms with Crippen molar-refractivity contribution in [2.45, 2.75) is 114 Å². The van der Waals surface area contributed by atoms with Gasteiger partial charge in [0.2, 0.25) is 0 Å². The lowest BCUT2D eigenvalue weighted by Crippen LogP contribution is -2.40. The van der Waals surface area contributed by atoms with Gasteiger partial charge in [0.05, 0.1) is 0 Å². The third-order valence-electron chi connectivity index (χ3n) is 5.61. The van der Waals surface area contributed by atoms with Gasteiger partial charge >= 0.3 is 6.09 Å². The summed E-state index contributed by atoms with van der Waals surface area (Å²) in [4.78, 5) is 10.2. The van der Waals surface area contributed by atoms with E-state index in [4.69, 9.17) is 5.11 Å². The van der Waals surface area contributed by atoms with Crippen molar-refractivity contribution in [3.05, 3.63) is 0 Å². The maximum atomic E-state index is 10.2. The molecule has 4 heteroatoms. The molecule has 3 rings (SSSR count). The van der Waals surface area contributed by atoms with Crippen molar-refractivity contribution in [3.63, 3.8) is 0 Å². The van der Waals surface area contributed by atoms with Crippen molar-refractivity contribution < 1.29 is 9.90 Å². The maximum Gasteiger partial charge on any atom is 0.404 e. The largest absolute Gasteiger partial charge is 0.465 e. The standard InChI is InChI=1S/C12H23N.C7H13NO2/c1-3-7-11(8-4-1)13-12-9-5-2-6-10-12;9-7(10)8-6-4-2-1-3-5-6/h11-13H,1-10H2;6,8H,1-5H2,(H,9,10). The number of nitrogens with one attached hydrogen (secondary N) is 2. The summed E-state index contributed by atoms with van der Waals surface area (Å²) in [6, 6.07) is 1.97. The second-order valence-electron chi connectivity index (χ2n) is 7.62. The number of carboxylic acid groups (broad SMARTS) is 1. The lowest BCUT2D eigenvalue weighted by molar-refractivity contribution is 0.186. The Morgan fingerprint density at radius 2 is 0.957 bits per heavy atom. The summed E-state index contributed by atoms with van der Waals surface area (Å²) >= 11 is 0. The molecule has 23 heavy (non-hydrogen) atoms. The summed E-state index contributed by atoms with van der Waals surface area (Å²) in [5, 5.41) is 14.7. The highest BCUT2D eigenvalue weighted by atomic mass is 16.4. The molecule has 0 spiro atoms. The van der Waals surface area contributed by atoms with Crippen molar-refractivity contribution in [2.24, 2.45) is 0 Å². The molecule has 0 saturated heterocycles. The van der Waals surface area contributed by atoms with Crippen molar-refractivity contribution in [1.82, 2.24) is 10.6 Å². The number of carbonyl (C=O) groups is 1. The quantitative estimate of drug-likeness (QED) is 0.697. The van der Waals surface area contributed by atoms with Crippen LogP contribution in [-0.4, -0.2) is 29.3 Å². The second kappa shape index (κ2) is 10.9. The summed E-state index contributed by atoms with van der Waals surface area (Å²) in [6.45, 7) is 0. The molecule has 0 unspecified atom stereocenters. The first kappa shape index (κ1) is 18.6. The lowest BCUT2D eigenvalue weighted by atomic mass is 9.91. The Balaban J connectivity index is 0.000000174. The molecule has 3 aliphatic rings. The molecule has 3 fully saturated rings. The molecular formula is C19H36N2O2. The van der Waals surface area contributed by atoms with E-state index in [2.05, 4.69) is 10.6 Å². The molecule has 4 nitrogen and oxygen atoms in total. The average molecular weight is 325 g/mol. The fourth-order valence-electron chi connectivity index (χ4n) is 4.29. The second-order valence-corrected chi connectivity index (χ2v) is 7.62. The predicted molar refractivity (Wildman–Crippen MR) is 94.9 cm³/mol. The monoisotopic (exact) mass is 324 g/mol. The van der Waals surface area contributed by atoms with Crippen molar-refractivity contribution in [2.75, 3.05) is 0 Å². The van der Waals surface area contributed by atoms with Crippen LogP contribution in [0.1, 0.15) is 96.3 Å². The molecule has 3 aliphatic carbocycles. The Kier molecular flexibility index (Phi) is 8.80. The van der Waals surface area contributed by atoms with Gasteiger partial charge in [-0.1, -0.05) is 57.8 Å². The Hall–Kier alpha value is -0.770. The zero-order chi connectivity index (χ0) is 16.3. The maximum absolute atomic E-state index is 10.2. The van der Waals surface area contributed by atoms with Gasteiger partial charge in [0.15, 0.2) is 0 Å². The molecule has 134 valence electrons. The van der Waals surface area contributed by atoms with Gasteiger partial charge in [0, 0.05) is 18.1 Å². The summed E-state index contributed by atoms with van der Waals surface area (Å²) in [7, 11) is 0. The first-order valence-electron chi connectivity index (χ1n) is 9.99. The van der Waals surface area contributed by atoms with Crippen LogP contribution in [-0.2, 0) is 0 Å². The lowest BCUT2D eigenvalue weighted by Gasteiger charge is -2.30. The van der Waals surface area contributed by atoms with E-state index in [0.29, 0.717) is 0 Å². The van der Waals surface area contributed by atoms with E-state index in [-0.39, 0.29) is 6.04 Å². The van der Waals surface area contributed by atoms with Crippen LogP contribution in [0.5, 0.6) is 0 Å². The van der Waals surface area contributed by atoms with E-state index in [0.717, 1.165) is 24.9 Å². The summed E-state index contributed by atoms with van der Waals surface area (Å²) < 4.78 is 0. The summed E-state index contributed by atoms with van der Waals surface area (Å²) in [5.41, 5.74) is 0. The Labute approximate surface area is 141 Å². The van der Waals surface area contributed by atoms with Crippen LogP contribution >= 0.6 is 0 Å². The van der Waals surface area contributed by atoms with E-state index in [1.54, 1.807) is 0 Å². The highest BCUT2D eigenvalue weighted by Gasteiger charge is 2.19. The number of hydrogen-bond acceptors (Lipinski definition) is 2. The molecule has 3 N–H and O–H groups in total. The smallest absolute Gasteiger partial charge is 0.404 e. The van der Waals surface area contributed by atoms with Crippen LogP contribution in [0.3, 0.4) is 0 Å². The van der Waals surface area contributed by atoms with Crippen LogP contribution in [0.4, 0.5) is 4.79 Å². The molecular weight excluding hydrogens is 288 g/mol.